The fraction of sp³-hybridized carbons (Fsp3) is 0.250. The summed E-state index contributed by atoms with van der Waals surface area (Å²) < 4.78 is 39.1. The van der Waals surface area contributed by atoms with E-state index in [9.17, 15) is 13.2 Å². The molecule has 1 aromatic heterocycles. The van der Waals surface area contributed by atoms with Crippen molar-refractivity contribution in [2.75, 3.05) is 5.73 Å². The molecule has 0 fully saturated rings. The molecule has 0 aliphatic heterocycles. The summed E-state index contributed by atoms with van der Waals surface area (Å²) in [6.45, 7) is 3.13. The molecule has 2 nitrogen and oxygen atoms in total. The normalized spacial score (nSPS) is 12.1. The number of hydrogen-bond acceptors (Lipinski definition) is 2. The van der Waals surface area contributed by atoms with Gasteiger partial charge in [0.05, 0.1) is 5.52 Å². The van der Waals surface area contributed by atoms with Crippen molar-refractivity contribution < 1.29 is 13.2 Å². The Labute approximate surface area is 110 Å². The average Bonchev–Trinajstić information content (AvgIpc) is 2.26. The largest absolute Gasteiger partial charge is 0.433 e. The molecule has 0 radical (unpaired) electrons. The van der Waals surface area contributed by atoms with Gasteiger partial charge in [0, 0.05) is 21.1 Å². The van der Waals surface area contributed by atoms with Crippen molar-refractivity contribution in [2.24, 2.45) is 0 Å². The number of anilines is 1. The van der Waals surface area contributed by atoms with Gasteiger partial charge in [-0.25, -0.2) is 4.98 Å². The van der Waals surface area contributed by atoms with Gasteiger partial charge in [0.1, 0.15) is 5.69 Å². The van der Waals surface area contributed by atoms with E-state index in [1.54, 1.807) is 19.1 Å². The summed E-state index contributed by atoms with van der Waals surface area (Å²) in [7, 11) is 0. The second kappa shape index (κ2) is 4.12. The molecule has 0 unspecified atom stereocenters. The van der Waals surface area contributed by atoms with Crippen LogP contribution in [0, 0.1) is 13.8 Å². The van der Waals surface area contributed by atoms with E-state index in [0.29, 0.717) is 9.86 Å². The topological polar surface area (TPSA) is 38.9 Å². The van der Waals surface area contributed by atoms with Gasteiger partial charge in [-0.3, -0.25) is 0 Å². The van der Waals surface area contributed by atoms with Crippen molar-refractivity contribution in [1.82, 2.24) is 4.98 Å². The number of alkyl halides is 3. The van der Waals surface area contributed by atoms with Crippen LogP contribution in [0.2, 0.25) is 0 Å². The molecule has 0 aliphatic carbocycles. The number of pyridine rings is 1. The summed E-state index contributed by atoms with van der Waals surface area (Å²) in [4.78, 5) is 3.72. The molecule has 2 rings (SSSR count). The summed E-state index contributed by atoms with van der Waals surface area (Å²) in [5, 5.41) is 0.565. The third-order valence-corrected chi connectivity index (χ3v) is 3.50. The molecule has 1 heterocycles. The van der Waals surface area contributed by atoms with Crippen LogP contribution in [0.1, 0.15) is 16.8 Å². The van der Waals surface area contributed by atoms with Crippen LogP contribution in [0.4, 0.5) is 18.9 Å². The number of halogens is 4. The third kappa shape index (κ3) is 1.94. The number of nitrogen functional groups attached to an aromatic ring is 1. The van der Waals surface area contributed by atoms with E-state index in [0.717, 1.165) is 5.56 Å². The predicted octanol–water partition coefficient (Wildman–Crippen LogP) is 4.22. The molecular weight excluding hydrogens is 309 g/mol. The molecule has 1 aromatic carbocycles. The number of nitrogens with zero attached hydrogens (tertiary/aromatic N) is 1. The number of aromatic nitrogens is 1. The molecule has 2 aromatic rings. The fourth-order valence-electron chi connectivity index (χ4n) is 1.90. The van der Waals surface area contributed by atoms with Gasteiger partial charge >= 0.3 is 6.18 Å². The first kappa shape index (κ1) is 13.1. The van der Waals surface area contributed by atoms with Crippen molar-refractivity contribution in [3.63, 3.8) is 0 Å². The Kier molecular flexibility index (Phi) is 3.01. The molecule has 6 heteroatoms. The Hall–Kier alpha value is -1.30. The highest BCUT2D eigenvalue weighted by atomic mass is 79.9. The summed E-state index contributed by atoms with van der Waals surface area (Å²) >= 11 is 3.21. The lowest BCUT2D eigenvalue weighted by molar-refractivity contribution is -0.141. The van der Waals surface area contributed by atoms with Gasteiger partial charge < -0.3 is 5.73 Å². The van der Waals surface area contributed by atoms with Crippen LogP contribution in [-0.4, -0.2) is 4.98 Å². The van der Waals surface area contributed by atoms with Crippen molar-refractivity contribution >= 4 is 32.5 Å². The summed E-state index contributed by atoms with van der Waals surface area (Å²) in [5.74, 6) is 0. The molecule has 0 atom stereocenters. The molecule has 0 spiro atoms. The zero-order chi connectivity index (χ0) is 13.7. The van der Waals surface area contributed by atoms with Crippen molar-refractivity contribution in [3.8, 4) is 0 Å². The van der Waals surface area contributed by atoms with Crippen LogP contribution in [0.15, 0.2) is 16.6 Å². The predicted molar refractivity (Wildman–Crippen MR) is 68.3 cm³/mol. The number of aryl methyl sites for hydroxylation is 1. The highest BCUT2D eigenvalue weighted by molar-refractivity contribution is 9.10. The Morgan fingerprint density at radius 2 is 1.83 bits per heavy atom. The highest BCUT2D eigenvalue weighted by Crippen LogP contribution is 2.38. The van der Waals surface area contributed by atoms with Crippen molar-refractivity contribution in [1.29, 1.82) is 0 Å². The number of nitrogens with two attached hydrogens (primary N) is 1. The minimum Gasteiger partial charge on any atom is -0.398 e. The molecule has 0 aliphatic rings. The highest BCUT2D eigenvalue weighted by Gasteiger charge is 2.36. The minimum atomic E-state index is -4.50. The van der Waals surface area contributed by atoms with Crippen LogP contribution in [0.25, 0.3) is 10.9 Å². The van der Waals surface area contributed by atoms with Gasteiger partial charge in [0.2, 0.25) is 0 Å². The maximum Gasteiger partial charge on any atom is 0.433 e. The summed E-state index contributed by atoms with van der Waals surface area (Å²) in [5.41, 5.74) is 6.03. The zero-order valence-electron chi connectivity index (χ0n) is 9.69. The Bertz CT molecular complexity index is 635. The maximum absolute atomic E-state index is 12.9. The van der Waals surface area contributed by atoms with Gasteiger partial charge in [-0.1, -0.05) is 6.07 Å². The lowest BCUT2D eigenvalue weighted by Gasteiger charge is -2.15. The third-order valence-electron chi connectivity index (χ3n) is 2.86. The van der Waals surface area contributed by atoms with Gasteiger partial charge in [0.15, 0.2) is 0 Å². The first-order chi connectivity index (χ1) is 8.23. The average molecular weight is 319 g/mol. The number of hydrogen-bond donors (Lipinski definition) is 1. The SMILES string of the molecule is Cc1c(C(F)(F)F)nc2c(Br)ccc(C)c2c1N. The Balaban J connectivity index is 2.97. The zero-order valence-corrected chi connectivity index (χ0v) is 11.3. The summed E-state index contributed by atoms with van der Waals surface area (Å²) in [6, 6.07) is 3.46. The molecule has 2 N–H and O–H groups in total. The van der Waals surface area contributed by atoms with E-state index in [4.69, 9.17) is 5.73 Å². The number of benzene rings is 1. The van der Waals surface area contributed by atoms with Gasteiger partial charge in [-0.2, -0.15) is 13.2 Å². The lowest BCUT2D eigenvalue weighted by Crippen LogP contribution is -2.13. The van der Waals surface area contributed by atoms with Crippen LogP contribution >= 0.6 is 15.9 Å². The van der Waals surface area contributed by atoms with Crippen molar-refractivity contribution in [2.45, 2.75) is 20.0 Å². The Morgan fingerprint density at radius 3 is 2.39 bits per heavy atom. The van der Waals surface area contributed by atoms with Crippen LogP contribution < -0.4 is 5.73 Å². The van der Waals surface area contributed by atoms with Crippen LogP contribution in [0.5, 0.6) is 0 Å². The van der Waals surface area contributed by atoms with E-state index < -0.39 is 11.9 Å². The van der Waals surface area contributed by atoms with Crippen LogP contribution in [0.3, 0.4) is 0 Å². The monoisotopic (exact) mass is 318 g/mol. The number of rotatable bonds is 0. The molecule has 0 saturated carbocycles. The molecule has 18 heavy (non-hydrogen) atoms. The molecule has 96 valence electrons. The molecule has 0 saturated heterocycles. The summed E-state index contributed by atoms with van der Waals surface area (Å²) in [6.07, 6.45) is -4.50. The van der Waals surface area contributed by atoms with Crippen molar-refractivity contribution in [3.05, 3.63) is 33.4 Å². The fourth-order valence-corrected chi connectivity index (χ4v) is 2.32. The van der Waals surface area contributed by atoms with E-state index in [1.165, 1.54) is 6.92 Å². The quantitative estimate of drug-likeness (QED) is 0.790. The smallest absolute Gasteiger partial charge is 0.398 e. The van der Waals surface area contributed by atoms with E-state index in [1.807, 2.05) is 0 Å². The second-order valence-corrected chi connectivity index (χ2v) is 4.94. The first-order valence-corrected chi connectivity index (χ1v) is 5.95. The van der Waals surface area contributed by atoms with Gasteiger partial charge in [-0.05, 0) is 41.4 Å². The standard InChI is InChI=1S/C12H10BrF3N2/c1-5-3-4-7(13)10-8(5)9(17)6(2)11(18-10)12(14,15)16/h3-4H,1-2H3,(H2,17,18). The molecule has 0 amide bonds. The lowest BCUT2D eigenvalue weighted by atomic mass is 10.0. The minimum absolute atomic E-state index is 0.0313. The van der Waals surface area contributed by atoms with Gasteiger partial charge in [0.25, 0.3) is 0 Å². The van der Waals surface area contributed by atoms with E-state index in [2.05, 4.69) is 20.9 Å². The van der Waals surface area contributed by atoms with E-state index >= 15 is 0 Å². The first-order valence-electron chi connectivity index (χ1n) is 5.15. The van der Waals surface area contributed by atoms with Gasteiger partial charge in [-0.15, -0.1) is 0 Å². The second-order valence-electron chi connectivity index (χ2n) is 4.08. The Morgan fingerprint density at radius 1 is 1.22 bits per heavy atom. The maximum atomic E-state index is 12.9. The number of fused-ring (bicyclic) bond motifs is 1. The van der Waals surface area contributed by atoms with Crippen LogP contribution in [-0.2, 0) is 6.18 Å². The molecule has 0 bridgehead atoms. The molecular formula is C12H10BrF3N2. The van der Waals surface area contributed by atoms with E-state index in [-0.39, 0.29) is 16.8 Å².